The molecule has 0 bridgehead atoms. The molecule has 0 saturated heterocycles. The molecule has 0 unspecified atom stereocenters. The van der Waals surface area contributed by atoms with Gasteiger partial charge in [-0.05, 0) is 19.1 Å². The minimum Gasteiger partial charge on any atom is -0.462 e. The van der Waals surface area contributed by atoms with Crippen LogP contribution >= 0.6 is 0 Å². The van der Waals surface area contributed by atoms with Crippen LogP contribution in [0.2, 0.25) is 0 Å². The van der Waals surface area contributed by atoms with E-state index in [2.05, 4.69) is 4.74 Å². The van der Waals surface area contributed by atoms with E-state index in [4.69, 9.17) is 0 Å². The van der Waals surface area contributed by atoms with Gasteiger partial charge >= 0.3 is 5.97 Å². The molecule has 1 aromatic rings. The van der Waals surface area contributed by atoms with E-state index in [1.165, 1.54) is 0 Å². The molecule has 80 valence electrons. The van der Waals surface area contributed by atoms with Gasteiger partial charge in [0.2, 0.25) is 0 Å². The second-order valence-electron chi connectivity index (χ2n) is 2.67. The van der Waals surface area contributed by atoms with Crippen molar-refractivity contribution < 1.29 is 23.1 Å². The van der Waals surface area contributed by atoms with E-state index in [-0.39, 0.29) is 12.9 Å². The second kappa shape index (κ2) is 4.63. The van der Waals surface area contributed by atoms with Crippen LogP contribution in [0.5, 0.6) is 0 Å². The second-order valence-corrected chi connectivity index (χ2v) is 2.67. The zero-order valence-electron chi connectivity index (χ0n) is 7.92. The van der Waals surface area contributed by atoms with Crippen molar-refractivity contribution in [1.82, 2.24) is 0 Å². The van der Waals surface area contributed by atoms with Crippen molar-refractivity contribution in [1.29, 1.82) is 0 Å². The van der Waals surface area contributed by atoms with Crippen LogP contribution in [-0.2, 0) is 4.74 Å². The fourth-order valence-corrected chi connectivity index (χ4v) is 1.02. The van der Waals surface area contributed by atoms with Crippen LogP contribution in [-0.4, -0.2) is 18.9 Å². The van der Waals surface area contributed by atoms with E-state index in [0.717, 1.165) is 12.1 Å². The highest BCUT2D eigenvalue weighted by atomic mass is 19.2. The molecule has 0 radical (unpaired) electrons. The first-order valence-electron chi connectivity index (χ1n) is 4.22. The Morgan fingerprint density at radius 1 is 1.40 bits per heavy atom. The lowest BCUT2D eigenvalue weighted by molar-refractivity contribution is 0.0519. The average Bonchev–Trinajstić information content (AvgIpc) is 2.22. The van der Waals surface area contributed by atoms with Crippen molar-refractivity contribution in [3.63, 3.8) is 0 Å². The van der Waals surface area contributed by atoms with Gasteiger partial charge in [-0.25, -0.2) is 13.6 Å². The van der Waals surface area contributed by atoms with Crippen LogP contribution in [0.1, 0.15) is 27.6 Å². The summed E-state index contributed by atoms with van der Waals surface area (Å²) >= 11 is 0. The SMILES string of the molecule is CCOC(=O)c1ccc(C=O)c(F)c1F. The van der Waals surface area contributed by atoms with Gasteiger partial charge < -0.3 is 4.74 Å². The molecule has 0 amide bonds. The molecule has 0 N–H and O–H groups in total. The average molecular weight is 214 g/mol. The lowest BCUT2D eigenvalue weighted by Gasteiger charge is -2.04. The van der Waals surface area contributed by atoms with Crippen molar-refractivity contribution in [2.45, 2.75) is 6.92 Å². The van der Waals surface area contributed by atoms with Crippen LogP contribution in [0.25, 0.3) is 0 Å². The summed E-state index contributed by atoms with van der Waals surface area (Å²) in [4.78, 5) is 21.4. The molecule has 0 saturated carbocycles. The van der Waals surface area contributed by atoms with Gasteiger partial charge in [-0.15, -0.1) is 0 Å². The number of esters is 1. The molecule has 15 heavy (non-hydrogen) atoms. The summed E-state index contributed by atoms with van der Waals surface area (Å²) in [5.41, 5.74) is -0.944. The maximum Gasteiger partial charge on any atom is 0.341 e. The highest BCUT2D eigenvalue weighted by molar-refractivity contribution is 5.90. The lowest BCUT2D eigenvalue weighted by atomic mass is 10.1. The molecule has 3 nitrogen and oxygen atoms in total. The first-order valence-corrected chi connectivity index (χ1v) is 4.22. The Bertz CT molecular complexity index is 402. The fourth-order valence-electron chi connectivity index (χ4n) is 1.02. The smallest absolute Gasteiger partial charge is 0.341 e. The van der Waals surface area contributed by atoms with Crippen molar-refractivity contribution in [3.8, 4) is 0 Å². The Morgan fingerprint density at radius 2 is 2.07 bits per heavy atom. The standard InChI is InChI=1S/C10H8F2O3/c1-2-15-10(14)7-4-3-6(5-13)8(11)9(7)12/h3-5H,2H2,1H3. The van der Waals surface area contributed by atoms with Gasteiger partial charge in [-0.2, -0.15) is 0 Å². The summed E-state index contributed by atoms with van der Waals surface area (Å²) in [7, 11) is 0. The van der Waals surface area contributed by atoms with E-state index < -0.39 is 28.7 Å². The molecule has 0 atom stereocenters. The van der Waals surface area contributed by atoms with E-state index in [9.17, 15) is 18.4 Å². The van der Waals surface area contributed by atoms with E-state index in [0.29, 0.717) is 0 Å². The predicted octanol–water partition coefficient (Wildman–Crippen LogP) is 1.95. The summed E-state index contributed by atoms with van der Waals surface area (Å²) in [5, 5.41) is 0. The molecule has 0 aromatic heterocycles. The van der Waals surface area contributed by atoms with Gasteiger partial charge in [0.05, 0.1) is 17.7 Å². The van der Waals surface area contributed by atoms with Gasteiger partial charge in [0.1, 0.15) is 0 Å². The van der Waals surface area contributed by atoms with Crippen molar-refractivity contribution in [2.75, 3.05) is 6.61 Å². The maximum atomic E-state index is 13.2. The van der Waals surface area contributed by atoms with Crippen LogP contribution in [0.4, 0.5) is 8.78 Å². The number of benzene rings is 1. The third kappa shape index (κ3) is 2.18. The number of hydrogen-bond acceptors (Lipinski definition) is 3. The number of hydrogen-bond donors (Lipinski definition) is 0. The molecule has 0 aliphatic carbocycles. The summed E-state index contributed by atoms with van der Waals surface area (Å²) in [6, 6.07) is 2.04. The van der Waals surface area contributed by atoms with Gasteiger partial charge in [0.25, 0.3) is 0 Å². The molecule has 1 rings (SSSR count). The summed E-state index contributed by atoms with van der Waals surface area (Å²) < 4.78 is 30.7. The molecule has 1 aromatic carbocycles. The number of halogens is 2. The van der Waals surface area contributed by atoms with Crippen LogP contribution in [0, 0.1) is 11.6 Å². The quantitative estimate of drug-likeness (QED) is 0.570. The first-order chi connectivity index (χ1) is 7.11. The number of ether oxygens (including phenoxy) is 1. The van der Waals surface area contributed by atoms with Gasteiger partial charge in [-0.3, -0.25) is 4.79 Å². The van der Waals surface area contributed by atoms with Crippen molar-refractivity contribution in [3.05, 3.63) is 34.9 Å². The third-order valence-corrected chi connectivity index (χ3v) is 1.73. The summed E-state index contributed by atoms with van der Waals surface area (Å²) in [6.45, 7) is 1.61. The highest BCUT2D eigenvalue weighted by Crippen LogP contribution is 2.15. The molecule has 0 heterocycles. The number of aldehydes is 1. The lowest BCUT2D eigenvalue weighted by Crippen LogP contribution is -2.09. The summed E-state index contributed by atoms with van der Waals surface area (Å²) in [5.74, 6) is -3.65. The van der Waals surface area contributed by atoms with E-state index in [1.807, 2.05) is 0 Å². The Labute approximate surface area is 84.7 Å². The Hall–Kier alpha value is -1.78. The topological polar surface area (TPSA) is 43.4 Å². The summed E-state index contributed by atoms with van der Waals surface area (Å²) in [6.07, 6.45) is 0.174. The minimum atomic E-state index is -1.36. The van der Waals surface area contributed by atoms with E-state index >= 15 is 0 Å². The number of rotatable bonds is 3. The molecule has 0 aliphatic heterocycles. The van der Waals surface area contributed by atoms with Crippen LogP contribution < -0.4 is 0 Å². The predicted molar refractivity (Wildman–Crippen MR) is 47.7 cm³/mol. The number of carbonyl (C=O) groups excluding carboxylic acids is 2. The Kier molecular flexibility index (Phi) is 3.49. The normalized spacial score (nSPS) is 9.80. The zero-order chi connectivity index (χ0) is 11.4. The van der Waals surface area contributed by atoms with Crippen LogP contribution in [0.15, 0.2) is 12.1 Å². The molecular weight excluding hydrogens is 206 g/mol. The van der Waals surface area contributed by atoms with Gasteiger partial charge in [0.15, 0.2) is 17.9 Å². The molecular formula is C10H8F2O3. The largest absolute Gasteiger partial charge is 0.462 e. The van der Waals surface area contributed by atoms with Crippen molar-refractivity contribution >= 4 is 12.3 Å². The molecule has 0 aliphatic rings. The van der Waals surface area contributed by atoms with E-state index in [1.54, 1.807) is 6.92 Å². The number of carbonyl (C=O) groups is 2. The van der Waals surface area contributed by atoms with Gasteiger partial charge in [-0.1, -0.05) is 0 Å². The Balaban J connectivity index is 3.17. The van der Waals surface area contributed by atoms with Crippen molar-refractivity contribution in [2.24, 2.45) is 0 Å². The molecule has 0 fully saturated rings. The maximum absolute atomic E-state index is 13.2. The Morgan fingerprint density at radius 3 is 2.60 bits per heavy atom. The highest BCUT2D eigenvalue weighted by Gasteiger charge is 2.18. The van der Waals surface area contributed by atoms with Gasteiger partial charge in [0, 0.05) is 0 Å². The fraction of sp³-hybridized carbons (Fsp3) is 0.200. The first kappa shape index (κ1) is 11.3. The van der Waals surface area contributed by atoms with Crippen LogP contribution in [0.3, 0.4) is 0 Å². The zero-order valence-corrected chi connectivity index (χ0v) is 7.92. The molecule has 0 spiro atoms. The molecule has 5 heteroatoms. The minimum absolute atomic E-state index is 0.0648. The third-order valence-electron chi connectivity index (χ3n) is 1.73. The monoisotopic (exact) mass is 214 g/mol.